The molecule has 0 aliphatic heterocycles. The average molecular weight is 383 g/mol. The number of ether oxygens (including phenoxy) is 2. The van der Waals surface area contributed by atoms with Crippen LogP contribution in [0.5, 0.6) is 11.5 Å². The zero-order valence-electron chi connectivity index (χ0n) is 14.7. The fraction of sp³-hybridized carbons (Fsp3) is 0.100. The van der Waals surface area contributed by atoms with Crippen molar-refractivity contribution in [2.24, 2.45) is 0 Å². The predicted octanol–water partition coefficient (Wildman–Crippen LogP) is 4.38. The molecule has 2 N–H and O–H groups in total. The Morgan fingerprint density at radius 2 is 1.56 bits per heavy atom. The molecule has 27 heavy (non-hydrogen) atoms. The first-order valence-corrected chi connectivity index (χ1v) is 8.87. The van der Waals surface area contributed by atoms with Gasteiger partial charge in [-0.3, -0.25) is 4.79 Å². The van der Waals surface area contributed by atoms with E-state index in [0.717, 1.165) is 16.9 Å². The first kappa shape index (κ1) is 18.5. The van der Waals surface area contributed by atoms with Crippen molar-refractivity contribution in [2.45, 2.75) is 0 Å². The number of thiophene rings is 1. The third-order valence-electron chi connectivity index (χ3n) is 3.97. The van der Waals surface area contributed by atoms with Gasteiger partial charge in [-0.1, -0.05) is 36.4 Å². The molecule has 0 atom stereocenters. The smallest absolute Gasteiger partial charge is 0.339 e. The van der Waals surface area contributed by atoms with Crippen molar-refractivity contribution in [1.82, 2.24) is 0 Å². The van der Waals surface area contributed by atoms with Crippen LogP contribution in [0.15, 0.2) is 53.9 Å². The van der Waals surface area contributed by atoms with Crippen molar-refractivity contribution in [3.63, 3.8) is 0 Å². The molecule has 138 valence electrons. The number of benzene rings is 2. The number of methoxy groups -OCH3 is 2. The lowest BCUT2D eigenvalue weighted by Gasteiger charge is -2.13. The van der Waals surface area contributed by atoms with Gasteiger partial charge in [-0.25, -0.2) is 4.79 Å². The van der Waals surface area contributed by atoms with Crippen LogP contribution in [0.3, 0.4) is 0 Å². The number of rotatable bonds is 6. The third-order valence-corrected chi connectivity index (χ3v) is 4.87. The first-order chi connectivity index (χ1) is 13.1. The number of anilines is 1. The van der Waals surface area contributed by atoms with Gasteiger partial charge in [-0.05, 0) is 17.7 Å². The van der Waals surface area contributed by atoms with Crippen molar-refractivity contribution >= 4 is 28.2 Å². The number of nitrogens with one attached hydrogen (secondary N) is 1. The molecule has 1 aromatic heterocycles. The fourth-order valence-electron chi connectivity index (χ4n) is 2.73. The number of carboxylic acids is 1. The Morgan fingerprint density at radius 1 is 0.926 bits per heavy atom. The van der Waals surface area contributed by atoms with Crippen molar-refractivity contribution in [2.75, 3.05) is 19.5 Å². The predicted molar refractivity (Wildman–Crippen MR) is 104 cm³/mol. The maximum absolute atomic E-state index is 12.8. The summed E-state index contributed by atoms with van der Waals surface area (Å²) in [7, 11) is 2.90. The highest BCUT2D eigenvalue weighted by atomic mass is 32.1. The lowest BCUT2D eigenvalue weighted by molar-refractivity contribution is 0.0699. The van der Waals surface area contributed by atoms with Gasteiger partial charge in [0.25, 0.3) is 5.91 Å². The standard InChI is InChI=1S/C20H17NO5S/c1-25-14-9-6-10-15(26-2)17(14)18(22)21-19-16(20(23)24)13(11-27-19)12-7-4-3-5-8-12/h3-11H,1-2H3,(H,21,22)(H,23,24). The van der Waals surface area contributed by atoms with Gasteiger partial charge in [-0.2, -0.15) is 0 Å². The van der Waals surface area contributed by atoms with E-state index in [1.54, 1.807) is 23.6 Å². The topological polar surface area (TPSA) is 84.9 Å². The van der Waals surface area contributed by atoms with E-state index in [-0.39, 0.29) is 16.1 Å². The van der Waals surface area contributed by atoms with Gasteiger partial charge in [0.1, 0.15) is 27.6 Å². The number of carboxylic acid groups (broad SMARTS) is 1. The van der Waals surface area contributed by atoms with Crippen LogP contribution in [-0.4, -0.2) is 31.2 Å². The molecule has 1 heterocycles. The van der Waals surface area contributed by atoms with Crippen molar-refractivity contribution in [3.05, 3.63) is 65.0 Å². The number of hydrogen-bond acceptors (Lipinski definition) is 5. The minimum atomic E-state index is -1.11. The van der Waals surface area contributed by atoms with Crippen molar-refractivity contribution in [3.8, 4) is 22.6 Å². The van der Waals surface area contributed by atoms with Crippen molar-refractivity contribution in [1.29, 1.82) is 0 Å². The summed E-state index contributed by atoms with van der Waals surface area (Å²) in [4.78, 5) is 24.7. The molecule has 2 aromatic carbocycles. The lowest BCUT2D eigenvalue weighted by Crippen LogP contribution is -2.15. The molecule has 0 saturated heterocycles. The van der Waals surface area contributed by atoms with Crippen LogP contribution in [0.25, 0.3) is 11.1 Å². The lowest BCUT2D eigenvalue weighted by atomic mass is 10.0. The summed E-state index contributed by atoms with van der Waals surface area (Å²) in [5.74, 6) is -0.946. The van der Waals surface area contributed by atoms with E-state index in [9.17, 15) is 14.7 Å². The largest absolute Gasteiger partial charge is 0.496 e. The Balaban J connectivity index is 2.01. The monoisotopic (exact) mass is 383 g/mol. The molecule has 0 spiro atoms. The molecule has 3 rings (SSSR count). The molecule has 0 unspecified atom stereocenters. The number of aromatic carboxylic acids is 1. The van der Waals surface area contributed by atoms with Crippen molar-refractivity contribution < 1.29 is 24.2 Å². The highest BCUT2D eigenvalue weighted by molar-refractivity contribution is 7.15. The van der Waals surface area contributed by atoms with E-state index in [4.69, 9.17) is 9.47 Å². The van der Waals surface area contributed by atoms with Gasteiger partial charge < -0.3 is 19.9 Å². The first-order valence-electron chi connectivity index (χ1n) is 7.99. The van der Waals surface area contributed by atoms with Gasteiger partial charge in [0, 0.05) is 10.9 Å². The number of amides is 1. The summed E-state index contributed by atoms with van der Waals surface area (Å²) in [6.45, 7) is 0. The number of carbonyl (C=O) groups is 2. The number of hydrogen-bond donors (Lipinski definition) is 2. The van der Waals surface area contributed by atoms with Crippen LogP contribution < -0.4 is 14.8 Å². The molecular weight excluding hydrogens is 366 g/mol. The normalized spacial score (nSPS) is 10.3. The summed E-state index contributed by atoms with van der Waals surface area (Å²) < 4.78 is 10.5. The van der Waals surface area contributed by atoms with Crippen LogP contribution in [-0.2, 0) is 0 Å². The second-order valence-electron chi connectivity index (χ2n) is 5.52. The molecule has 0 fully saturated rings. The summed E-state index contributed by atoms with van der Waals surface area (Å²) in [6, 6.07) is 14.1. The molecule has 0 saturated carbocycles. The van der Waals surface area contributed by atoms with Crippen LogP contribution in [0.1, 0.15) is 20.7 Å². The highest BCUT2D eigenvalue weighted by Crippen LogP contribution is 2.37. The zero-order chi connectivity index (χ0) is 19.4. The van der Waals surface area contributed by atoms with Crippen LogP contribution in [0.4, 0.5) is 5.00 Å². The molecule has 0 radical (unpaired) electrons. The quantitative estimate of drug-likeness (QED) is 0.660. The van der Waals surface area contributed by atoms with Crippen LogP contribution in [0, 0.1) is 0 Å². The van der Waals surface area contributed by atoms with Gasteiger partial charge in [-0.15, -0.1) is 11.3 Å². The third kappa shape index (κ3) is 3.63. The van der Waals surface area contributed by atoms with Gasteiger partial charge in [0.15, 0.2) is 0 Å². The van der Waals surface area contributed by atoms with Gasteiger partial charge in [0.2, 0.25) is 0 Å². The minimum Gasteiger partial charge on any atom is -0.496 e. The van der Waals surface area contributed by atoms with Gasteiger partial charge >= 0.3 is 5.97 Å². The van der Waals surface area contributed by atoms with E-state index in [1.807, 2.05) is 30.3 Å². The molecule has 0 aliphatic rings. The van der Waals surface area contributed by atoms with Gasteiger partial charge in [0.05, 0.1) is 14.2 Å². The summed E-state index contributed by atoms with van der Waals surface area (Å²) >= 11 is 1.15. The van der Waals surface area contributed by atoms with E-state index >= 15 is 0 Å². The Kier molecular flexibility index (Phi) is 5.42. The van der Waals surface area contributed by atoms with E-state index in [0.29, 0.717) is 17.1 Å². The molecule has 7 heteroatoms. The molecule has 6 nitrogen and oxygen atoms in total. The maximum atomic E-state index is 12.8. The zero-order valence-corrected chi connectivity index (χ0v) is 15.5. The Bertz CT molecular complexity index is 959. The Morgan fingerprint density at radius 3 is 2.11 bits per heavy atom. The second-order valence-corrected chi connectivity index (χ2v) is 6.40. The molecule has 3 aromatic rings. The Hall–Kier alpha value is -3.32. The summed E-state index contributed by atoms with van der Waals surface area (Å²) in [5, 5.41) is 14.3. The molecule has 0 bridgehead atoms. The summed E-state index contributed by atoms with van der Waals surface area (Å²) in [6.07, 6.45) is 0. The highest BCUT2D eigenvalue weighted by Gasteiger charge is 2.24. The van der Waals surface area contributed by atoms with E-state index < -0.39 is 11.9 Å². The van der Waals surface area contributed by atoms with Crippen LogP contribution in [0.2, 0.25) is 0 Å². The minimum absolute atomic E-state index is 0.0495. The SMILES string of the molecule is COc1cccc(OC)c1C(=O)Nc1scc(-c2ccccc2)c1C(=O)O. The van der Waals surface area contributed by atoms with E-state index in [1.165, 1.54) is 14.2 Å². The number of carbonyl (C=O) groups excluding carboxylic acids is 1. The fourth-order valence-corrected chi connectivity index (χ4v) is 3.69. The van der Waals surface area contributed by atoms with E-state index in [2.05, 4.69) is 5.32 Å². The maximum Gasteiger partial charge on any atom is 0.339 e. The molecule has 0 aliphatic carbocycles. The second kappa shape index (κ2) is 7.92. The average Bonchev–Trinajstić information content (AvgIpc) is 3.11. The Labute approximate surface area is 160 Å². The molecule has 1 amide bonds. The van der Waals surface area contributed by atoms with Crippen LogP contribution >= 0.6 is 11.3 Å². The summed E-state index contributed by atoms with van der Waals surface area (Å²) in [5.41, 5.74) is 1.57. The molecular formula is C20H17NO5S.